The highest BCUT2D eigenvalue weighted by atomic mass is 31.2. The molecule has 0 aromatic heterocycles. The van der Waals surface area contributed by atoms with Gasteiger partial charge in [-0.2, -0.15) is 0 Å². The van der Waals surface area contributed by atoms with E-state index in [1.54, 1.807) is 0 Å². The Balaban J connectivity index is 4.10. The lowest BCUT2D eigenvalue weighted by molar-refractivity contribution is -0.161. The fourth-order valence-electron chi connectivity index (χ4n) is 6.97. The van der Waals surface area contributed by atoms with E-state index in [0.29, 0.717) is 12.8 Å². The lowest BCUT2D eigenvalue weighted by atomic mass is 10.0. The van der Waals surface area contributed by atoms with Gasteiger partial charge in [0.1, 0.15) is 6.61 Å². The third-order valence-corrected chi connectivity index (χ3v) is 11.7. The summed E-state index contributed by atoms with van der Waals surface area (Å²) in [5.74, 6) is -0.857. The van der Waals surface area contributed by atoms with Gasteiger partial charge in [0.25, 0.3) is 0 Å². The molecule has 0 heterocycles. The van der Waals surface area contributed by atoms with Crippen LogP contribution in [0.3, 0.4) is 0 Å². The van der Waals surface area contributed by atoms with Crippen molar-refractivity contribution < 1.29 is 37.6 Å². The van der Waals surface area contributed by atoms with Crippen LogP contribution in [0.25, 0.3) is 0 Å². The summed E-state index contributed by atoms with van der Waals surface area (Å²) < 4.78 is 32.9. The van der Waals surface area contributed by atoms with Crippen molar-refractivity contribution >= 4 is 19.8 Å². The first-order valence-electron chi connectivity index (χ1n) is 25.1. The van der Waals surface area contributed by atoms with Gasteiger partial charge in [0, 0.05) is 19.4 Å². The number of carbonyl (C=O) groups excluding carboxylic acids is 2. The van der Waals surface area contributed by atoms with Crippen molar-refractivity contribution in [2.75, 3.05) is 26.4 Å². The van der Waals surface area contributed by atoms with E-state index in [1.165, 1.54) is 141 Å². The smallest absolute Gasteiger partial charge is 0.462 e. The molecule has 0 spiro atoms. The number of phosphoric ester groups is 1. The Morgan fingerprint density at radius 3 is 1.30 bits per heavy atom. The van der Waals surface area contributed by atoms with E-state index in [1.807, 2.05) is 0 Å². The van der Waals surface area contributed by atoms with Gasteiger partial charge in [-0.25, -0.2) is 4.57 Å². The molecule has 0 saturated heterocycles. The number of nitrogens with two attached hydrogens (primary N) is 1. The van der Waals surface area contributed by atoms with Crippen molar-refractivity contribution in [1.82, 2.24) is 0 Å². The summed E-state index contributed by atoms with van der Waals surface area (Å²) in [6.07, 6.45) is 55.8. The van der Waals surface area contributed by atoms with Gasteiger partial charge in [-0.15, -0.1) is 0 Å². The van der Waals surface area contributed by atoms with Crippen LogP contribution in [-0.2, 0) is 32.7 Å². The second-order valence-electron chi connectivity index (χ2n) is 16.7. The summed E-state index contributed by atoms with van der Waals surface area (Å²) in [5, 5.41) is 0. The van der Waals surface area contributed by atoms with Gasteiger partial charge in [-0.1, -0.05) is 210 Å². The van der Waals surface area contributed by atoms with Crippen molar-refractivity contribution in [3.05, 3.63) is 48.6 Å². The molecule has 0 amide bonds. The van der Waals surface area contributed by atoms with Crippen LogP contribution < -0.4 is 5.73 Å². The largest absolute Gasteiger partial charge is 0.472 e. The molecule has 9 nitrogen and oxygen atoms in total. The van der Waals surface area contributed by atoms with Crippen molar-refractivity contribution in [3.8, 4) is 0 Å². The summed E-state index contributed by atoms with van der Waals surface area (Å²) in [4.78, 5) is 35.0. The van der Waals surface area contributed by atoms with E-state index in [4.69, 9.17) is 24.3 Å². The molecule has 10 heteroatoms. The van der Waals surface area contributed by atoms with Gasteiger partial charge in [-0.3, -0.25) is 18.6 Å². The van der Waals surface area contributed by atoms with E-state index in [9.17, 15) is 19.0 Å². The number of rotatable bonds is 47. The van der Waals surface area contributed by atoms with Gasteiger partial charge in [0.05, 0.1) is 13.2 Å². The molecule has 0 fully saturated rings. The average molecular weight is 880 g/mol. The minimum atomic E-state index is -4.39. The molecule has 0 aliphatic heterocycles. The number of carbonyl (C=O) groups is 2. The summed E-state index contributed by atoms with van der Waals surface area (Å²) in [7, 11) is -4.39. The molecule has 61 heavy (non-hydrogen) atoms. The Bertz CT molecular complexity index is 1140. The Morgan fingerprint density at radius 1 is 0.492 bits per heavy atom. The molecule has 0 aliphatic carbocycles. The Hall–Kier alpha value is -2.03. The van der Waals surface area contributed by atoms with Crippen molar-refractivity contribution in [1.29, 1.82) is 0 Å². The van der Waals surface area contributed by atoms with Crippen LogP contribution in [0.2, 0.25) is 0 Å². The van der Waals surface area contributed by atoms with Gasteiger partial charge >= 0.3 is 19.8 Å². The van der Waals surface area contributed by atoms with Crippen molar-refractivity contribution in [2.24, 2.45) is 5.73 Å². The zero-order valence-electron chi connectivity index (χ0n) is 39.4. The molecule has 3 N–H and O–H groups in total. The zero-order valence-corrected chi connectivity index (χ0v) is 40.3. The highest BCUT2D eigenvalue weighted by molar-refractivity contribution is 7.47. The summed E-state index contributed by atoms with van der Waals surface area (Å²) >= 11 is 0. The van der Waals surface area contributed by atoms with E-state index in [0.717, 1.165) is 51.4 Å². The summed E-state index contributed by atoms with van der Waals surface area (Å²) in [6, 6.07) is 0. The maximum Gasteiger partial charge on any atom is 0.472 e. The number of hydrogen-bond acceptors (Lipinski definition) is 8. The molecule has 0 aromatic rings. The maximum atomic E-state index is 12.6. The zero-order chi connectivity index (χ0) is 44.6. The minimum Gasteiger partial charge on any atom is -0.462 e. The first-order valence-corrected chi connectivity index (χ1v) is 26.6. The van der Waals surface area contributed by atoms with Crippen LogP contribution in [0.1, 0.15) is 232 Å². The van der Waals surface area contributed by atoms with Gasteiger partial charge < -0.3 is 20.1 Å². The predicted octanol–water partition coefficient (Wildman–Crippen LogP) is 15.1. The van der Waals surface area contributed by atoms with Crippen LogP contribution >= 0.6 is 7.82 Å². The average Bonchev–Trinajstić information content (AvgIpc) is 3.25. The molecule has 0 aromatic carbocycles. The number of hydrogen-bond donors (Lipinski definition) is 2. The van der Waals surface area contributed by atoms with E-state index in [2.05, 4.69) is 62.5 Å². The molecule has 0 saturated carbocycles. The van der Waals surface area contributed by atoms with Crippen molar-refractivity contribution in [2.45, 2.75) is 238 Å². The molecule has 0 radical (unpaired) electrons. The van der Waals surface area contributed by atoms with Crippen LogP contribution in [0, 0.1) is 0 Å². The molecule has 1 unspecified atom stereocenters. The highest BCUT2D eigenvalue weighted by Gasteiger charge is 2.26. The quantitative estimate of drug-likeness (QED) is 0.0265. The van der Waals surface area contributed by atoms with E-state index in [-0.39, 0.29) is 32.6 Å². The van der Waals surface area contributed by atoms with Gasteiger partial charge in [0.2, 0.25) is 0 Å². The summed E-state index contributed by atoms with van der Waals surface area (Å²) in [5.41, 5.74) is 5.36. The maximum absolute atomic E-state index is 12.6. The third-order valence-electron chi connectivity index (χ3n) is 10.7. The van der Waals surface area contributed by atoms with Crippen LogP contribution in [-0.4, -0.2) is 49.3 Å². The van der Waals surface area contributed by atoms with Crippen LogP contribution in [0.4, 0.5) is 0 Å². The Morgan fingerprint density at radius 2 is 0.852 bits per heavy atom. The first kappa shape index (κ1) is 59.0. The van der Waals surface area contributed by atoms with E-state index >= 15 is 0 Å². The minimum absolute atomic E-state index is 0.0486. The Labute approximate surface area is 375 Å². The number of esters is 2. The van der Waals surface area contributed by atoms with Crippen LogP contribution in [0.15, 0.2) is 48.6 Å². The molecule has 0 rings (SSSR count). The number of unbranched alkanes of at least 4 members (excludes halogenated alkanes) is 26. The Kier molecular flexibility index (Phi) is 45.9. The third kappa shape index (κ3) is 47.3. The SMILES string of the molecule is CCCCCC=CCC=CCC=CCC=CCCCCCC(=O)OC[C@H](COP(=O)(O)OCCN)OC(=O)CCCCCCCCCCCCCCCCCCCCCCC. The van der Waals surface area contributed by atoms with Crippen LogP contribution in [0.5, 0.6) is 0 Å². The monoisotopic (exact) mass is 880 g/mol. The topological polar surface area (TPSA) is 134 Å². The second-order valence-corrected chi connectivity index (χ2v) is 18.1. The summed E-state index contributed by atoms with van der Waals surface area (Å²) in [6.45, 7) is 3.70. The van der Waals surface area contributed by atoms with Gasteiger partial charge in [0.15, 0.2) is 6.10 Å². The first-order chi connectivity index (χ1) is 29.8. The van der Waals surface area contributed by atoms with Gasteiger partial charge in [-0.05, 0) is 57.8 Å². The molecule has 356 valence electrons. The lowest BCUT2D eigenvalue weighted by Crippen LogP contribution is -2.29. The lowest BCUT2D eigenvalue weighted by Gasteiger charge is -2.19. The molecule has 2 atom stereocenters. The number of allylic oxidation sites excluding steroid dienone is 8. The van der Waals surface area contributed by atoms with E-state index < -0.39 is 32.5 Å². The second kappa shape index (κ2) is 47.4. The number of phosphoric acid groups is 1. The highest BCUT2D eigenvalue weighted by Crippen LogP contribution is 2.43. The predicted molar refractivity (Wildman–Crippen MR) is 257 cm³/mol. The van der Waals surface area contributed by atoms with Crippen molar-refractivity contribution in [3.63, 3.8) is 0 Å². The molecule has 0 bridgehead atoms. The fourth-order valence-corrected chi connectivity index (χ4v) is 7.74. The molecule has 0 aliphatic rings. The standard InChI is InChI=1S/C51H94NO8P/c1-3-5-7-9-11-13-15-17-19-21-23-24-26-28-30-32-34-36-38-40-42-44-51(54)60-49(48-59-61(55,56)58-46-45-52)47-57-50(53)43-41-39-37-35-33-31-29-27-25-22-20-18-16-14-12-10-8-6-4-2/h12,14,18,20,25,27,31,33,49H,3-11,13,15-17,19,21-24,26,28-30,32,34-48,52H2,1-2H3,(H,55,56)/t49-/m1/s1. The fraction of sp³-hybridized carbons (Fsp3) is 0.804. The molecular weight excluding hydrogens is 786 g/mol. The normalized spacial score (nSPS) is 13.6. The number of ether oxygens (including phenoxy) is 2. The molecular formula is C51H94NO8P.